The molecule has 3 aromatic carbocycles. The molecule has 0 bridgehead atoms. The molecule has 0 saturated carbocycles. The van der Waals surface area contributed by atoms with Crippen LogP contribution in [-0.2, 0) is 21.2 Å². The van der Waals surface area contributed by atoms with E-state index in [1.54, 1.807) is 24.3 Å². The van der Waals surface area contributed by atoms with Crippen LogP contribution in [0.3, 0.4) is 0 Å². The fourth-order valence-corrected chi connectivity index (χ4v) is 4.72. The lowest BCUT2D eigenvalue weighted by Gasteiger charge is -2.20. The summed E-state index contributed by atoms with van der Waals surface area (Å²) in [6.07, 6.45) is 0.0914. The number of ether oxygens (including phenoxy) is 1. The number of benzene rings is 3. The molecule has 1 atom stereocenters. The van der Waals surface area contributed by atoms with Crippen LogP contribution < -0.4 is 20.5 Å². The molecule has 8 nitrogen and oxygen atoms in total. The van der Waals surface area contributed by atoms with Crippen molar-refractivity contribution in [3.63, 3.8) is 0 Å². The van der Waals surface area contributed by atoms with Gasteiger partial charge in [0.15, 0.2) is 0 Å². The molecule has 0 saturated heterocycles. The first-order chi connectivity index (χ1) is 15.7. The third kappa shape index (κ3) is 6.32. The van der Waals surface area contributed by atoms with Crippen LogP contribution in [0, 0.1) is 0 Å². The first kappa shape index (κ1) is 24.2. The molecule has 3 aromatic rings. The van der Waals surface area contributed by atoms with Crippen molar-refractivity contribution in [3.05, 3.63) is 88.9 Å². The highest BCUT2D eigenvalue weighted by Crippen LogP contribution is 2.27. The number of nitrogens with two attached hydrogens (primary N) is 1. The van der Waals surface area contributed by atoms with E-state index in [9.17, 15) is 18.0 Å². The van der Waals surface area contributed by atoms with E-state index in [0.29, 0.717) is 5.69 Å². The summed E-state index contributed by atoms with van der Waals surface area (Å²) < 4.78 is 33.9. The summed E-state index contributed by atoms with van der Waals surface area (Å²) in [5.41, 5.74) is 6.65. The standard InChI is InChI=1S/C23H22ClN3O5S/c1-32-20-12-9-17(24)14-21(20)33(30,31)27-19(13-15-5-3-2-4-6-15)23(29)26-18-10-7-16(8-11-18)22(25)28/h2-12,14,19,27H,13H2,1H3,(H2,25,28)(H,26,29)/t19-/m1/s1. The Hall–Kier alpha value is -3.40. The van der Waals surface area contributed by atoms with E-state index in [-0.39, 0.29) is 27.7 Å². The predicted molar refractivity (Wildman–Crippen MR) is 126 cm³/mol. The third-order valence-electron chi connectivity index (χ3n) is 4.75. The second-order valence-electron chi connectivity index (χ2n) is 7.09. The Balaban J connectivity index is 1.90. The van der Waals surface area contributed by atoms with Gasteiger partial charge in [-0.25, -0.2) is 8.42 Å². The topological polar surface area (TPSA) is 128 Å². The molecule has 0 aliphatic rings. The quantitative estimate of drug-likeness (QED) is 0.427. The number of anilines is 1. The number of nitrogens with one attached hydrogen (secondary N) is 2. The lowest BCUT2D eigenvalue weighted by Crippen LogP contribution is -2.45. The van der Waals surface area contributed by atoms with Crippen LogP contribution in [0.4, 0.5) is 5.69 Å². The Kier molecular flexibility index (Phi) is 7.70. The zero-order valence-electron chi connectivity index (χ0n) is 17.6. The van der Waals surface area contributed by atoms with Crippen molar-refractivity contribution in [2.24, 2.45) is 5.73 Å². The third-order valence-corrected chi connectivity index (χ3v) is 6.48. The van der Waals surface area contributed by atoms with Gasteiger partial charge in [-0.05, 0) is 54.4 Å². The van der Waals surface area contributed by atoms with E-state index in [4.69, 9.17) is 22.1 Å². The first-order valence-corrected chi connectivity index (χ1v) is 11.7. The lowest BCUT2D eigenvalue weighted by atomic mass is 10.1. The smallest absolute Gasteiger partial charge is 0.248 e. The zero-order valence-corrected chi connectivity index (χ0v) is 19.2. The van der Waals surface area contributed by atoms with Gasteiger partial charge in [-0.1, -0.05) is 41.9 Å². The molecule has 2 amide bonds. The van der Waals surface area contributed by atoms with Gasteiger partial charge in [-0.3, -0.25) is 9.59 Å². The van der Waals surface area contributed by atoms with Crippen molar-refractivity contribution in [2.45, 2.75) is 17.4 Å². The number of carbonyl (C=O) groups is 2. The largest absolute Gasteiger partial charge is 0.495 e. The molecule has 0 fully saturated rings. The molecule has 0 radical (unpaired) electrons. The summed E-state index contributed by atoms with van der Waals surface area (Å²) >= 11 is 5.99. The van der Waals surface area contributed by atoms with Gasteiger partial charge in [0, 0.05) is 16.3 Å². The SMILES string of the molecule is COc1ccc(Cl)cc1S(=O)(=O)N[C@H](Cc1ccccc1)C(=O)Nc1ccc(C(N)=O)cc1. The maximum Gasteiger partial charge on any atom is 0.248 e. The van der Waals surface area contributed by atoms with Gasteiger partial charge in [-0.15, -0.1) is 0 Å². The Morgan fingerprint density at radius 1 is 1.03 bits per heavy atom. The van der Waals surface area contributed by atoms with Gasteiger partial charge in [0.05, 0.1) is 7.11 Å². The van der Waals surface area contributed by atoms with Crippen molar-refractivity contribution < 1.29 is 22.7 Å². The second kappa shape index (κ2) is 10.5. The van der Waals surface area contributed by atoms with Crippen molar-refractivity contribution in [1.29, 1.82) is 0 Å². The van der Waals surface area contributed by atoms with Gasteiger partial charge in [0.25, 0.3) is 0 Å². The highest BCUT2D eigenvalue weighted by molar-refractivity contribution is 7.89. The summed E-state index contributed by atoms with van der Waals surface area (Å²) in [7, 11) is -2.84. The molecule has 0 aromatic heterocycles. The Bertz CT molecular complexity index is 1250. The molecule has 0 aliphatic carbocycles. The van der Waals surface area contributed by atoms with E-state index in [0.717, 1.165) is 5.56 Å². The minimum absolute atomic E-state index is 0.0906. The molecule has 0 heterocycles. The fourth-order valence-electron chi connectivity index (χ4n) is 3.10. The first-order valence-electron chi connectivity index (χ1n) is 9.80. The van der Waals surface area contributed by atoms with Crippen molar-refractivity contribution in [1.82, 2.24) is 4.72 Å². The number of primary amides is 1. The molecule has 0 aliphatic heterocycles. The Morgan fingerprint density at radius 3 is 2.30 bits per heavy atom. The number of methoxy groups -OCH3 is 1. The van der Waals surface area contributed by atoms with Crippen LogP contribution in [0.1, 0.15) is 15.9 Å². The predicted octanol–water partition coefficient (Wildman–Crippen LogP) is 2.98. The van der Waals surface area contributed by atoms with E-state index in [1.807, 2.05) is 6.07 Å². The maximum absolute atomic E-state index is 13.2. The number of rotatable bonds is 9. The van der Waals surface area contributed by atoms with Crippen LogP contribution in [0.2, 0.25) is 5.02 Å². The fraction of sp³-hybridized carbons (Fsp3) is 0.130. The summed E-state index contributed by atoms with van der Waals surface area (Å²) in [5.74, 6) is -1.10. The molecule has 0 unspecified atom stereocenters. The van der Waals surface area contributed by atoms with Crippen molar-refractivity contribution in [3.8, 4) is 5.75 Å². The molecular formula is C23H22ClN3O5S. The molecule has 0 spiro atoms. The maximum atomic E-state index is 13.2. The summed E-state index contributed by atoms with van der Waals surface area (Å²) in [5, 5.41) is 2.87. The van der Waals surface area contributed by atoms with Gasteiger partial charge in [0.1, 0.15) is 16.7 Å². The number of hydrogen-bond donors (Lipinski definition) is 3. The summed E-state index contributed by atoms with van der Waals surface area (Å²) in [6, 6.07) is 18.0. The molecule has 4 N–H and O–H groups in total. The monoisotopic (exact) mass is 487 g/mol. The van der Waals surface area contributed by atoms with Crippen LogP contribution in [0.5, 0.6) is 5.75 Å². The number of amides is 2. The van der Waals surface area contributed by atoms with E-state index in [1.165, 1.54) is 49.6 Å². The van der Waals surface area contributed by atoms with Gasteiger partial charge in [-0.2, -0.15) is 4.72 Å². The average molecular weight is 488 g/mol. The molecule has 172 valence electrons. The summed E-state index contributed by atoms with van der Waals surface area (Å²) in [6.45, 7) is 0. The van der Waals surface area contributed by atoms with E-state index in [2.05, 4.69) is 10.0 Å². The molecule has 10 heteroatoms. The minimum atomic E-state index is -4.18. The van der Waals surface area contributed by atoms with Gasteiger partial charge < -0.3 is 15.8 Å². The molecular weight excluding hydrogens is 466 g/mol. The van der Waals surface area contributed by atoms with E-state index >= 15 is 0 Å². The van der Waals surface area contributed by atoms with E-state index < -0.39 is 27.9 Å². The van der Waals surface area contributed by atoms with Crippen molar-refractivity contribution in [2.75, 3.05) is 12.4 Å². The van der Waals surface area contributed by atoms with Crippen LogP contribution in [0.25, 0.3) is 0 Å². The Morgan fingerprint density at radius 2 is 1.70 bits per heavy atom. The van der Waals surface area contributed by atoms with Gasteiger partial charge in [0.2, 0.25) is 21.8 Å². The highest BCUT2D eigenvalue weighted by Gasteiger charge is 2.28. The Labute approximate surface area is 196 Å². The second-order valence-corrected chi connectivity index (χ2v) is 9.21. The van der Waals surface area contributed by atoms with Crippen molar-refractivity contribution >= 4 is 39.1 Å². The number of carbonyl (C=O) groups excluding carboxylic acids is 2. The summed E-state index contributed by atoms with van der Waals surface area (Å²) in [4.78, 5) is 24.1. The van der Waals surface area contributed by atoms with Gasteiger partial charge >= 0.3 is 0 Å². The molecule has 3 rings (SSSR count). The van der Waals surface area contributed by atoms with Crippen LogP contribution >= 0.6 is 11.6 Å². The molecule has 33 heavy (non-hydrogen) atoms. The lowest BCUT2D eigenvalue weighted by molar-refractivity contribution is -0.117. The highest BCUT2D eigenvalue weighted by atomic mass is 35.5. The number of hydrogen-bond acceptors (Lipinski definition) is 5. The normalized spacial score (nSPS) is 12.1. The van der Waals surface area contributed by atoms with Crippen LogP contribution in [0.15, 0.2) is 77.7 Å². The average Bonchev–Trinajstić information content (AvgIpc) is 2.79. The minimum Gasteiger partial charge on any atom is -0.495 e. The number of halogens is 1. The zero-order chi connectivity index (χ0) is 24.0. The number of sulfonamides is 1. The van der Waals surface area contributed by atoms with Crippen LogP contribution in [-0.4, -0.2) is 33.4 Å².